The van der Waals surface area contributed by atoms with Gasteiger partial charge < -0.3 is 9.47 Å². The highest BCUT2D eigenvalue weighted by molar-refractivity contribution is 5.74. The standard InChI is InChI=1S/C14H24O.C8H8O.C2H6O.CH4/c1-4-6-8-10-12-15-13-14(3)11-9-7-5-2;1-7-2-4-8(6-9)5-3-7;1-3-2;/h5,7,9,11H,2,4,6,8,10,12-13H2,1,3H3;2-6H,1H3;1-2H3;1H4/b9-7-,14-11+;;;. The number of methoxy groups -OCH3 is 1. The van der Waals surface area contributed by atoms with Crippen molar-refractivity contribution in [3.8, 4) is 0 Å². The van der Waals surface area contributed by atoms with E-state index in [0.717, 1.165) is 25.1 Å². The third-order valence-corrected chi connectivity index (χ3v) is 3.31. The van der Waals surface area contributed by atoms with Crippen LogP contribution in [0.25, 0.3) is 0 Å². The number of aryl methyl sites for hydroxylation is 1. The molecule has 1 aromatic rings. The average Bonchev–Trinajstić information content (AvgIpc) is 2.67. The van der Waals surface area contributed by atoms with Gasteiger partial charge in [-0.1, -0.05) is 94.3 Å². The van der Waals surface area contributed by atoms with E-state index in [9.17, 15) is 4.79 Å². The molecule has 0 aliphatic rings. The third-order valence-electron chi connectivity index (χ3n) is 3.31. The van der Waals surface area contributed by atoms with Crippen LogP contribution < -0.4 is 0 Å². The predicted molar refractivity (Wildman–Crippen MR) is 124 cm³/mol. The minimum absolute atomic E-state index is 0. The summed E-state index contributed by atoms with van der Waals surface area (Å²) >= 11 is 0. The minimum atomic E-state index is 0. The van der Waals surface area contributed by atoms with Crippen molar-refractivity contribution in [3.63, 3.8) is 0 Å². The van der Waals surface area contributed by atoms with E-state index >= 15 is 0 Å². The molecule has 0 saturated heterocycles. The summed E-state index contributed by atoms with van der Waals surface area (Å²) in [5, 5.41) is 0. The molecule has 3 nitrogen and oxygen atoms in total. The van der Waals surface area contributed by atoms with Crippen LogP contribution in [-0.2, 0) is 9.47 Å². The molecule has 0 fully saturated rings. The summed E-state index contributed by atoms with van der Waals surface area (Å²) in [7, 11) is 3.25. The first-order valence-corrected chi connectivity index (χ1v) is 9.50. The molecule has 0 radical (unpaired) electrons. The summed E-state index contributed by atoms with van der Waals surface area (Å²) in [6.07, 6.45) is 13.7. The number of ether oxygens (including phenoxy) is 2. The van der Waals surface area contributed by atoms with Crippen molar-refractivity contribution in [2.45, 2.75) is 53.9 Å². The highest BCUT2D eigenvalue weighted by Gasteiger charge is 1.90. The van der Waals surface area contributed by atoms with E-state index in [1.807, 2.05) is 43.3 Å². The molecule has 0 aromatic heterocycles. The lowest BCUT2D eigenvalue weighted by Crippen LogP contribution is -1.97. The van der Waals surface area contributed by atoms with Crippen molar-refractivity contribution in [3.05, 3.63) is 71.8 Å². The van der Waals surface area contributed by atoms with Crippen LogP contribution in [0, 0.1) is 6.92 Å². The number of hydrogen-bond acceptors (Lipinski definition) is 3. The quantitative estimate of drug-likeness (QED) is 0.246. The zero-order chi connectivity index (χ0) is 20.8. The Bertz CT molecular complexity index is 513. The topological polar surface area (TPSA) is 35.5 Å². The zero-order valence-corrected chi connectivity index (χ0v) is 17.9. The van der Waals surface area contributed by atoms with Crippen LogP contribution in [0.5, 0.6) is 0 Å². The van der Waals surface area contributed by atoms with Gasteiger partial charge in [-0.25, -0.2) is 0 Å². The summed E-state index contributed by atoms with van der Waals surface area (Å²) in [6, 6.07) is 7.46. The molecule has 0 unspecified atom stereocenters. The van der Waals surface area contributed by atoms with E-state index in [1.54, 1.807) is 20.3 Å². The van der Waals surface area contributed by atoms with Crippen LogP contribution in [0.2, 0.25) is 0 Å². The van der Waals surface area contributed by atoms with Crippen LogP contribution in [-0.4, -0.2) is 33.7 Å². The largest absolute Gasteiger partial charge is 0.388 e. The fourth-order valence-electron chi connectivity index (χ4n) is 1.86. The Hall–Kier alpha value is -1.97. The normalized spacial score (nSPS) is 10.1. The van der Waals surface area contributed by atoms with Crippen LogP contribution in [0.15, 0.2) is 60.7 Å². The fourth-order valence-corrected chi connectivity index (χ4v) is 1.86. The van der Waals surface area contributed by atoms with E-state index in [2.05, 4.69) is 31.2 Å². The second-order valence-corrected chi connectivity index (χ2v) is 6.18. The summed E-state index contributed by atoms with van der Waals surface area (Å²) < 4.78 is 9.79. The number of aldehydes is 1. The third kappa shape index (κ3) is 24.0. The number of benzene rings is 1. The van der Waals surface area contributed by atoms with Gasteiger partial charge >= 0.3 is 0 Å². The number of hydrogen-bond donors (Lipinski definition) is 0. The van der Waals surface area contributed by atoms with Crippen LogP contribution in [0.4, 0.5) is 0 Å². The lowest BCUT2D eigenvalue weighted by molar-refractivity contribution is 0.112. The first-order chi connectivity index (χ1) is 13.0. The smallest absolute Gasteiger partial charge is 0.150 e. The molecule has 160 valence electrons. The van der Waals surface area contributed by atoms with Crippen LogP contribution >= 0.6 is 0 Å². The first kappa shape index (κ1) is 30.7. The molecule has 0 heterocycles. The summed E-state index contributed by atoms with van der Waals surface area (Å²) in [4.78, 5) is 10.1. The molecule has 28 heavy (non-hydrogen) atoms. The van der Waals surface area contributed by atoms with Crippen LogP contribution in [0.1, 0.15) is 62.9 Å². The SMILES string of the molecule is C.C=C/C=C\C=C(/C)COCCCCCC.COC.Cc1ccc(C=O)cc1. The maximum atomic E-state index is 10.1. The Balaban J connectivity index is -0.000000408. The van der Waals surface area contributed by atoms with Gasteiger partial charge in [0.2, 0.25) is 0 Å². The Morgan fingerprint density at radius 3 is 2.18 bits per heavy atom. The maximum absolute atomic E-state index is 10.1. The Labute approximate surface area is 174 Å². The maximum Gasteiger partial charge on any atom is 0.150 e. The minimum Gasteiger partial charge on any atom is -0.388 e. The molecule has 0 aliphatic heterocycles. The Kier molecular flexibility index (Phi) is 27.5. The molecule has 0 spiro atoms. The van der Waals surface area contributed by atoms with Crippen LogP contribution in [0.3, 0.4) is 0 Å². The molecule has 3 heteroatoms. The number of carbonyl (C=O) groups excluding carboxylic acids is 1. The van der Waals surface area contributed by atoms with E-state index < -0.39 is 0 Å². The molecule has 0 N–H and O–H groups in total. The van der Waals surface area contributed by atoms with Gasteiger partial charge in [-0.05, 0) is 25.8 Å². The lowest BCUT2D eigenvalue weighted by Gasteiger charge is -2.03. The molecule has 1 aromatic carbocycles. The molecule has 0 aliphatic carbocycles. The molecule has 0 amide bonds. The van der Waals surface area contributed by atoms with Crippen molar-refractivity contribution >= 4 is 6.29 Å². The highest BCUT2D eigenvalue weighted by Crippen LogP contribution is 2.01. The van der Waals surface area contributed by atoms with E-state index in [1.165, 1.54) is 36.8 Å². The highest BCUT2D eigenvalue weighted by atomic mass is 16.5. The summed E-state index contributed by atoms with van der Waals surface area (Å²) in [6.45, 7) is 11.5. The van der Waals surface area contributed by atoms with Gasteiger partial charge in [-0.15, -0.1) is 0 Å². The van der Waals surface area contributed by atoms with E-state index in [0.29, 0.717) is 0 Å². The average molecular weight is 391 g/mol. The van der Waals surface area contributed by atoms with Gasteiger partial charge in [0, 0.05) is 26.4 Å². The number of carbonyl (C=O) groups is 1. The van der Waals surface area contributed by atoms with Gasteiger partial charge in [0.05, 0.1) is 6.61 Å². The lowest BCUT2D eigenvalue weighted by atomic mass is 10.2. The Morgan fingerprint density at radius 1 is 1.07 bits per heavy atom. The molecule has 0 atom stereocenters. The zero-order valence-electron chi connectivity index (χ0n) is 17.9. The fraction of sp³-hybridized carbons (Fsp3) is 0.480. The number of rotatable bonds is 10. The molecule has 1 rings (SSSR count). The predicted octanol–water partition coefficient (Wildman–Crippen LogP) is 6.98. The van der Waals surface area contributed by atoms with Gasteiger partial charge in [0.25, 0.3) is 0 Å². The molecular formula is C25H42O3. The monoisotopic (exact) mass is 390 g/mol. The number of unbranched alkanes of at least 4 members (excludes halogenated alkanes) is 3. The van der Waals surface area contributed by atoms with Gasteiger partial charge in [-0.3, -0.25) is 4.79 Å². The summed E-state index contributed by atoms with van der Waals surface area (Å²) in [5.74, 6) is 0. The Morgan fingerprint density at radius 2 is 1.68 bits per heavy atom. The first-order valence-electron chi connectivity index (χ1n) is 9.50. The molecular weight excluding hydrogens is 348 g/mol. The molecule has 0 saturated carbocycles. The van der Waals surface area contributed by atoms with Crippen molar-refractivity contribution in [2.24, 2.45) is 0 Å². The summed E-state index contributed by atoms with van der Waals surface area (Å²) in [5.41, 5.74) is 3.17. The molecule has 0 bridgehead atoms. The van der Waals surface area contributed by atoms with E-state index in [4.69, 9.17) is 4.74 Å². The van der Waals surface area contributed by atoms with Crippen molar-refractivity contribution in [2.75, 3.05) is 27.4 Å². The number of allylic oxidation sites excluding steroid dienone is 4. The van der Waals surface area contributed by atoms with Gasteiger partial charge in [-0.2, -0.15) is 0 Å². The van der Waals surface area contributed by atoms with Crippen molar-refractivity contribution in [1.29, 1.82) is 0 Å². The second-order valence-electron chi connectivity index (χ2n) is 6.18. The van der Waals surface area contributed by atoms with E-state index in [-0.39, 0.29) is 7.43 Å². The van der Waals surface area contributed by atoms with Gasteiger partial charge in [0.1, 0.15) is 6.29 Å². The van der Waals surface area contributed by atoms with Gasteiger partial charge in [0.15, 0.2) is 0 Å². The second kappa shape index (κ2) is 25.0. The van der Waals surface area contributed by atoms with Crippen molar-refractivity contribution < 1.29 is 14.3 Å². The van der Waals surface area contributed by atoms with Crippen molar-refractivity contribution in [1.82, 2.24) is 0 Å².